The van der Waals surface area contributed by atoms with E-state index in [9.17, 15) is 14.4 Å². The monoisotopic (exact) mass is 605 g/mol. The number of amides is 4. The number of rotatable bonds is 15. The second-order valence-electron chi connectivity index (χ2n) is 9.58. The van der Waals surface area contributed by atoms with Gasteiger partial charge in [-0.3, -0.25) is 9.78 Å². The molecule has 3 aromatic heterocycles. The fourth-order valence-corrected chi connectivity index (χ4v) is 5.64. The summed E-state index contributed by atoms with van der Waals surface area (Å²) in [4.78, 5) is 46.9. The molecule has 4 rings (SSSR count). The van der Waals surface area contributed by atoms with E-state index < -0.39 is 18.2 Å². The molecule has 42 heavy (non-hydrogen) atoms. The Morgan fingerprint density at radius 2 is 1.55 bits per heavy atom. The predicted molar refractivity (Wildman–Crippen MR) is 165 cm³/mol. The van der Waals surface area contributed by atoms with Crippen LogP contribution < -0.4 is 16.0 Å². The number of pyridine rings is 1. The molecule has 11 heteroatoms. The van der Waals surface area contributed by atoms with Crippen LogP contribution in [0.15, 0.2) is 89.9 Å². The molecule has 1 atom stereocenters. The van der Waals surface area contributed by atoms with Crippen LogP contribution in [0.1, 0.15) is 40.1 Å². The fourth-order valence-electron chi connectivity index (χ4n) is 4.20. The van der Waals surface area contributed by atoms with Gasteiger partial charge < -0.3 is 25.6 Å². The second-order valence-corrected chi connectivity index (χ2v) is 11.6. The van der Waals surface area contributed by atoms with E-state index in [-0.39, 0.29) is 12.5 Å². The zero-order valence-electron chi connectivity index (χ0n) is 23.2. The lowest BCUT2D eigenvalue weighted by molar-refractivity contribution is -0.134. The second kappa shape index (κ2) is 16.9. The molecule has 0 fully saturated rings. The Hall–Kier alpha value is -4.22. The Morgan fingerprint density at radius 1 is 0.833 bits per heavy atom. The number of ether oxygens (including phenoxy) is 1. The van der Waals surface area contributed by atoms with Gasteiger partial charge in [-0.25, -0.2) is 9.59 Å². The smallest absolute Gasteiger partial charge is 0.407 e. The number of carbonyl (C=O) groups is 3. The molecule has 0 saturated heterocycles. The molecule has 0 aliphatic heterocycles. The molecule has 0 spiro atoms. The standard InChI is InChI=1S/C31H35N5O4S2/c37-29(36(21-26-12-7-17-41-26)22-27-13-8-18-42-27)28(35-30(38)34-20-25-11-6-15-32-19-25)14-4-5-16-33-31(39)40-23-24-9-2-1-3-10-24/h1-3,6-13,15,17-19,28H,4-5,14,16,20-23H2,(H,33,39)(H2,34,35,38). The number of alkyl carbamates (subject to hydrolysis) is 1. The van der Waals surface area contributed by atoms with Gasteiger partial charge in [0.15, 0.2) is 0 Å². The number of nitrogens with zero attached hydrogens (tertiary/aromatic N) is 2. The highest BCUT2D eigenvalue weighted by Crippen LogP contribution is 2.19. The summed E-state index contributed by atoms with van der Waals surface area (Å²) in [5.74, 6) is -0.149. The number of carbonyl (C=O) groups excluding carboxylic acids is 3. The molecule has 1 aromatic carbocycles. The third-order valence-corrected chi connectivity index (χ3v) is 8.07. The van der Waals surface area contributed by atoms with Crippen molar-refractivity contribution in [1.82, 2.24) is 25.8 Å². The lowest BCUT2D eigenvalue weighted by Crippen LogP contribution is -2.50. The molecular weight excluding hydrogens is 571 g/mol. The first-order valence-electron chi connectivity index (χ1n) is 13.8. The number of urea groups is 1. The van der Waals surface area contributed by atoms with E-state index in [4.69, 9.17) is 4.74 Å². The van der Waals surface area contributed by atoms with Crippen LogP contribution in [0.4, 0.5) is 9.59 Å². The van der Waals surface area contributed by atoms with Crippen molar-refractivity contribution in [2.75, 3.05) is 6.54 Å². The van der Waals surface area contributed by atoms with Crippen molar-refractivity contribution in [1.29, 1.82) is 0 Å². The summed E-state index contributed by atoms with van der Waals surface area (Å²) < 4.78 is 5.26. The minimum absolute atomic E-state index is 0.149. The SMILES string of the molecule is O=C(NCc1cccnc1)NC(CCCCNC(=O)OCc1ccccc1)C(=O)N(Cc1cccs1)Cc1cccs1. The number of hydrogen-bond acceptors (Lipinski definition) is 7. The third kappa shape index (κ3) is 10.6. The van der Waals surface area contributed by atoms with Gasteiger partial charge in [0.1, 0.15) is 12.6 Å². The Bertz CT molecular complexity index is 1320. The summed E-state index contributed by atoms with van der Waals surface area (Å²) in [5.41, 5.74) is 1.77. The molecule has 0 bridgehead atoms. The van der Waals surface area contributed by atoms with Crippen molar-refractivity contribution in [3.63, 3.8) is 0 Å². The van der Waals surface area contributed by atoms with E-state index >= 15 is 0 Å². The van der Waals surface area contributed by atoms with Gasteiger partial charge >= 0.3 is 12.1 Å². The van der Waals surface area contributed by atoms with Gasteiger partial charge in [0.25, 0.3) is 0 Å². The lowest BCUT2D eigenvalue weighted by atomic mass is 10.1. The zero-order chi connectivity index (χ0) is 29.4. The van der Waals surface area contributed by atoms with E-state index in [1.807, 2.05) is 71.4 Å². The molecular formula is C31H35N5O4S2. The van der Waals surface area contributed by atoms with E-state index in [1.54, 1.807) is 46.0 Å². The van der Waals surface area contributed by atoms with Crippen LogP contribution in [-0.4, -0.2) is 40.5 Å². The molecule has 0 aliphatic carbocycles. The lowest BCUT2D eigenvalue weighted by Gasteiger charge is -2.27. The first-order chi connectivity index (χ1) is 20.6. The average molecular weight is 606 g/mol. The molecule has 4 amide bonds. The highest BCUT2D eigenvalue weighted by atomic mass is 32.1. The van der Waals surface area contributed by atoms with Crippen LogP contribution in [-0.2, 0) is 35.8 Å². The molecule has 3 heterocycles. The van der Waals surface area contributed by atoms with E-state index in [1.165, 1.54) is 0 Å². The largest absolute Gasteiger partial charge is 0.445 e. The topological polar surface area (TPSA) is 113 Å². The maximum Gasteiger partial charge on any atom is 0.407 e. The first-order valence-corrected chi connectivity index (χ1v) is 15.5. The first kappa shape index (κ1) is 30.7. The van der Waals surface area contributed by atoms with Gasteiger partial charge in [-0.1, -0.05) is 48.5 Å². The predicted octanol–water partition coefficient (Wildman–Crippen LogP) is 5.70. The Labute approximate surface area is 253 Å². The van der Waals surface area contributed by atoms with Crippen molar-refractivity contribution < 1.29 is 19.1 Å². The molecule has 4 aromatic rings. The molecule has 220 valence electrons. The molecule has 9 nitrogen and oxygen atoms in total. The van der Waals surface area contributed by atoms with Crippen molar-refractivity contribution in [3.8, 4) is 0 Å². The minimum atomic E-state index is -0.733. The normalized spacial score (nSPS) is 11.3. The maximum absolute atomic E-state index is 13.9. The summed E-state index contributed by atoms with van der Waals surface area (Å²) in [6.45, 7) is 1.81. The van der Waals surface area contributed by atoms with Crippen LogP contribution >= 0.6 is 22.7 Å². The van der Waals surface area contributed by atoms with Crippen LogP contribution in [0.25, 0.3) is 0 Å². The van der Waals surface area contributed by atoms with Gasteiger partial charge in [-0.05, 0) is 59.3 Å². The Balaban J connectivity index is 1.33. The van der Waals surface area contributed by atoms with Crippen LogP contribution in [0.5, 0.6) is 0 Å². The van der Waals surface area contributed by atoms with E-state index in [0.29, 0.717) is 45.4 Å². The van der Waals surface area contributed by atoms with Crippen molar-refractivity contribution in [2.45, 2.75) is 51.5 Å². The zero-order valence-corrected chi connectivity index (χ0v) is 24.9. The highest BCUT2D eigenvalue weighted by molar-refractivity contribution is 7.10. The van der Waals surface area contributed by atoms with Gasteiger partial charge in [-0.15, -0.1) is 22.7 Å². The molecule has 0 radical (unpaired) electrons. The summed E-state index contributed by atoms with van der Waals surface area (Å²) in [6, 6.07) is 19.9. The molecule has 0 aliphatic rings. The van der Waals surface area contributed by atoms with Crippen molar-refractivity contribution in [2.24, 2.45) is 0 Å². The summed E-state index contributed by atoms with van der Waals surface area (Å²) in [6.07, 6.45) is 4.53. The van der Waals surface area contributed by atoms with E-state index in [0.717, 1.165) is 20.9 Å². The van der Waals surface area contributed by atoms with Gasteiger partial charge in [0, 0.05) is 35.2 Å². The maximum atomic E-state index is 13.9. The Kier molecular flexibility index (Phi) is 12.4. The number of unbranched alkanes of at least 4 members (excludes halogenated alkanes) is 1. The van der Waals surface area contributed by atoms with Gasteiger partial charge in [-0.2, -0.15) is 0 Å². The molecule has 0 saturated carbocycles. The van der Waals surface area contributed by atoms with Crippen LogP contribution in [0.2, 0.25) is 0 Å². The van der Waals surface area contributed by atoms with Gasteiger partial charge in [0.2, 0.25) is 5.91 Å². The number of benzene rings is 1. The quantitative estimate of drug-likeness (QED) is 0.151. The molecule has 1 unspecified atom stereocenters. The van der Waals surface area contributed by atoms with Crippen molar-refractivity contribution >= 4 is 40.7 Å². The van der Waals surface area contributed by atoms with Crippen LogP contribution in [0, 0.1) is 0 Å². The summed E-state index contributed by atoms with van der Waals surface area (Å²) in [7, 11) is 0. The average Bonchev–Trinajstić information content (AvgIpc) is 3.73. The summed E-state index contributed by atoms with van der Waals surface area (Å²) >= 11 is 3.19. The third-order valence-electron chi connectivity index (χ3n) is 6.35. The highest BCUT2D eigenvalue weighted by Gasteiger charge is 2.26. The number of nitrogens with one attached hydrogen (secondary N) is 3. The minimum Gasteiger partial charge on any atom is -0.445 e. The number of thiophene rings is 2. The summed E-state index contributed by atoms with van der Waals surface area (Å²) in [5, 5.41) is 12.5. The number of aromatic nitrogens is 1. The van der Waals surface area contributed by atoms with Crippen molar-refractivity contribution in [3.05, 3.63) is 111 Å². The Morgan fingerprint density at radius 3 is 2.19 bits per heavy atom. The van der Waals surface area contributed by atoms with Gasteiger partial charge in [0.05, 0.1) is 13.1 Å². The number of hydrogen-bond donors (Lipinski definition) is 3. The fraction of sp³-hybridized carbons (Fsp3) is 0.290. The molecule has 3 N–H and O–H groups in total. The van der Waals surface area contributed by atoms with E-state index in [2.05, 4.69) is 20.9 Å². The van der Waals surface area contributed by atoms with Crippen LogP contribution in [0.3, 0.4) is 0 Å².